The van der Waals surface area contributed by atoms with Crippen LogP contribution >= 0.6 is 11.3 Å². The van der Waals surface area contributed by atoms with Crippen molar-refractivity contribution in [3.63, 3.8) is 0 Å². The number of nitrogens with zero attached hydrogens (tertiary/aromatic N) is 5. The topological polar surface area (TPSA) is 112 Å². The minimum Gasteiger partial charge on any atom is -0.477 e. The number of aromatic nitrogens is 3. The molecule has 1 aliphatic heterocycles. The van der Waals surface area contributed by atoms with Gasteiger partial charge in [0.1, 0.15) is 16.6 Å². The number of likely N-dealkylation sites (N-methyl/N-ethyl adjacent to an activating group) is 1. The van der Waals surface area contributed by atoms with Crippen molar-refractivity contribution < 1.29 is 14.7 Å². The molecule has 2 saturated carbocycles. The van der Waals surface area contributed by atoms with Crippen LogP contribution in [0.4, 0.5) is 22.6 Å². The number of aromatic carboxylic acids is 1. The van der Waals surface area contributed by atoms with Crippen LogP contribution in [0.2, 0.25) is 0 Å². The Morgan fingerprint density at radius 3 is 2.56 bits per heavy atom. The number of hydrogen-bond donors (Lipinski definition) is 2. The Labute approximate surface area is 190 Å². The first-order valence-electron chi connectivity index (χ1n) is 11.4. The van der Waals surface area contributed by atoms with Crippen molar-refractivity contribution in [2.24, 2.45) is 5.92 Å². The number of fused-ring (bicyclic) bond motifs is 1. The van der Waals surface area contributed by atoms with Gasteiger partial charge in [-0.2, -0.15) is 4.98 Å². The molecule has 0 bridgehead atoms. The van der Waals surface area contributed by atoms with Crippen LogP contribution in [-0.4, -0.2) is 51.1 Å². The largest absolute Gasteiger partial charge is 0.477 e. The molecule has 1 amide bonds. The van der Waals surface area contributed by atoms with Crippen LogP contribution < -0.4 is 15.1 Å². The van der Waals surface area contributed by atoms with E-state index in [-0.39, 0.29) is 16.8 Å². The molecule has 32 heavy (non-hydrogen) atoms. The second kappa shape index (κ2) is 8.65. The van der Waals surface area contributed by atoms with E-state index in [0.717, 1.165) is 42.1 Å². The van der Waals surface area contributed by atoms with Crippen LogP contribution in [0.25, 0.3) is 0 Å². The lowest BCUT2D eigenvalue weighted by molar-refractivity contribution is -0.120. The van der Waals surface area contributed by atoms with Gasteiger partial charge in [0.15, 0.2) is 10.9 Å². The number of carbonyl (C=O) groups is 2. The third kappa shape index (κ3) is 3.92. The van der Waals surface area contributed by atoms with E-state index in [4.69, 9.17) is 10.1 Å². The van der Waals surface area contributed by atoms with E-state index in [0.29, 0.717) is 23.0 Å². The van der Waals surface area contributed by atoms with Crippen LogP contribution in [0.5, 0.6) is 0 Å². The number of hydrogen-bond acceptors (Lipinski definition) is 8. The van der Waals surface area contributed by atoms with E-state index in [9.17, 15) is 9.59 Å². The highest BCUT2D eigenvalue weighted by molar-refractivity contribution is 7.17. The predicted octanol–water partition coefficient (Wildman–Crippen LogP) is 4.05. The van der Waals surface area contributed by atoms with Crippen molar-refractivity contribution in [1.82, 2.24) is 15.0 Å². The molecule has 170 valence electrons. The number of carboxylic acid groups (broad SMARTS) is 1. The minimum absolute atomic E-state index is 0.131. The molecule has 10 heteroatoms. The fourth-order valence-corrected chi connectivity index (χ4v) is 6.02. The van der Waals surface area contributed by atoms with Crippen molar-refractivity contribution in [1.29, 1.82) is 0 Å². The lowest BCUT2D eigenvalue weighted by atomic mass is 9.93. The number of carbonyl (C=O) groups excluding carboxylic acids is 1. The summed E-state index contributed by atoms with van der Waals surface area (Å²) in [5, 5.41) is 12.6. The van der Waals surface area contributed by atoms with Gasteiger partial charge in [-0.05, 0) is 25.2 Å². The van der Waals surface area contributed by atoms with Gasteiger partial charge in [-0.1, -0.05) is 49.9 Å². The van der Waals surface area contributed by atoms with Gasteiger partial charge in [0.2, 0.25) is 11.9 Å². The zero-order valence-corrected chi connectivity index (χ0v) is 19.0. The Hall–Kier alpha value is -2.75. The molecule has 3 aliphatic rings. The first-order chi connectivity index (χ1) is 15.5. The molecule has 3 heterocycles. The molecule has 9 nitrogen and oxygen atoms in total. The molecular weight excluding hydrogens is 428 g/mol. The molecular formula is C22H28N6O3S. The normalized spacial score (nSPS) is 21.9. The van der Waals surface area contributed by atoms with Gasteiger partial charge in [0.05, 0.1) is 12.4 Å². The van der Waals surface area contributed by atoms with Gasteiger partial charge < -0.3 is 14.9 Å². The SMILES string of the molecule is CN1C(=O)C(CC2CCCC2)N(C2CCCC2)c2nc(Nc3ncc(C(=O)O)s3)ncc21. The Morgan fingerprint density at radius 2 is 1.88 bits per heavy atom. The smallest absolute Gasteiger partial charge is 0.347 e. The molecule has 2 fully saturated rings. The first kappa shape index (κ1) is 21.1. The van der Waals surface area contributed by atoms with Gasteiger partial charge in [0.25, 0.3) is 0 Å². The molecule has 0 spiro atoms. The third-order valence-corrected chi connectivity index (χ3v) is 7.89. The Balaban J connectivity index is 1.49. The summed E-state index contributed by atoms with van der Waals surface area (Å²) in [6, 6.07) is 0.110. The van der Waals surface area contributed by atoms with E-state index in [2.05, 4.69) is 20.2 Å². The highest BCUT2D eigenvalue weighted by Crippen LogP contribution is 2.42. The van der Waals surface area contributed by atoms with Crippen LogP contribution in [0.15, 0.2) is 12.4 Å². The standard InChI is InChI=1S/C22H28N6O3S/c1-27-16-11-23-21(26-22-24-12-17(32-22)20(30)31)25-18(16)28(14-8-4-5-9-14)15(19(27)29)10-13-6-2-3-7-13/h11-15H,2-10H2,1H3,(H,30,31)(H,23,24,25,26). The molecule has 1 atom stereocenters. The maximum absolute atomic E-state index is 13.4. The monoisotopic (exact) mass is 456 g/mol. The minimum atomic E-state index is -1.01. The molecule has 0 aromatic carbocycles. The average Bonchev–Trinajstić information content (AvgIpc) is 3.55. The van der Waals surface area contributed by atoms with E-state index in [1.54, 1.807) is 11.1 Å². The fraction of sp³-hybridized carbons (Fsp3) is 0.591. The number of anilines is 4. The van der Waals surface area contributed by atoms with Crippen molar-refractivity contribution in [2.45, 2.75) is 69.9 Å². The lowest BCUT2D eigenvalue weighted by Crippen LogP contribution is -2.56. The number of thiazole rings is 1. The Bertz CT molecular complexity index is 1010. The summed E-state index contributed by atoms with van der Waals surface area (Å²) in [4.78, 5) is 42.1. The van der Waals surface area contributed by atoms with Crippen LogP contribution in [0.1, 0.15) is 67.5 Å². The summed E-state index contributed by atoms with van der Waals surface area (Å²) in [5.41, 5.74) is 0.723. The zero-order chi connectivity index (χ0) is 22.2. The van der Waals surface area contributed by atoms with Gasteiger partial charge in [0, 0.05) is 13.1 Å². The Kier molecular flexibility index (Phi) is 5.71. The second-order valence-electron chi connectivity index (χ2n) is 9.01. The van der Waals surface area contributed by atoms with E-state index in [1.165, 1.54) is 44.7 Å². The first-order valence-corrected chi connectivity index (χ1v) is 12.2. The van der Waals surface area contributed by atoms with Gasteiger partial charge in [-0.3, -0.25) is 10.1 Å². The van der Waals surface area contributed by atoms with Gasteiger partial charge >= 0.3 is 5.97 Å². The number of rotatable bonds is 6. The fourth-order valence-electron chi connectivity index (χ4n) is 5.37. The summed E-state index contributed by atoms with van der Waals surface area (Å²) >= 11 is 1.04. The van der Waals surface area contributed by atoms with Crippen molar-refractivity contribution >= 4 is 45.8 Å². The Morgan fingerprint density at radius 1 is 1.16 bits per heavy atom. The molecule has 0 radical (unpaired) electrons. The predicted molar refractivity (Wildman–Crippen MR) is 123 cm³/mol. The third-order valence-electron chi connectivity index (χ3n) is 6.99. The molecule has 0 saturated heterocycles. The number of nitrogens with one attached hydrogen (secondary N) is 1. The van der Waals surface area contributed by atoms with Crippen LogP contribution in [-0.2, 0) is 4.79 Å². The summed E-state index contributed by atoms with van der Waals surface area (Å²) < 4.78 is 0. The average molecular weight is 457 g/mol. The molecule has 2 N–H and O–H groups in total. The van der Waals surface area contributed by atoms with Gasteiger partial charge in [-0.15, -0.1) is 0 Å². The van der Waals surface area contributed by atoms with Crippen molar-refractivity contribution in [2.75, 3.05) is 22.2 Å². The molecule has 1 unspecified atom stereocenters. The zero-order valence-electron chi connectivity index (χ0n) is 18.2. The van der Waals surface area contributed by atoms with Crippen LogP contribution in [0.3, 0.4) is 0 Å². The second-order valence-corrected chi connectivity index (χ2v) is 10.0. The van der Waals surface area contributed by atoms with Crippen molar-refractivity contribution in [3.05, 3.63) is 17.3 Å². The maximum Gasteiger partial charge on any atom is 0.347 e. The van der Waals surface area contributed by atoms with E-state index in [1.807, 2.05) is 7.05 Å². The van der Waals surface area contributed by atoms with Crippen molar-refractivity contribution in [3.8, 4) is 0 Å². The summed E-state index contributed by atoms with van der Waals surface area (Å²) in [6.45, 7) is 0. The number of carboxylic acids is 1. The van der Waals surface area contributed by atoms with Crippen LogP contribution in [0, 0.1) is 5.92 Å². The molecule has 2 aromatic heterocycles. The van der Waals surface area contributed by atoms with Gasteiger partial charge in [-0.25, -0.2) is 14.8 Å². The molecule has 2 aliphatic carbocycles. The highest BCUT2D eigenvalue weighted by Gasteiger charge is 2.43. The maximum atomic E-state index is 13.4. The van der Waals surface area contributed by atoms with E-state index >= 15 is 0 Å². The molecule has 2 aromatic rings. The lowest BCUT2D eigenvalue weighted by Gasteiger charge is -2.44. The molecule has 5 rings (SSSR count). The quantitative estimate of drug-likeness (QED) is 0.670. The number of amides is 1. The summed E-state index contributed by atoms with van der Waals surface area (Å²) in [5.74, 6) is 0.859. The van der Waals surface area contributed by atoms with E-state index < -0.39 is 5.97 Å². The summed E-state index contributed by atoms with van der Waals surface area (Å²) in [6.07, 6.45) is 13.3. The summed E-state index contributed by atoms with van der Waals surface area (Å²) in [7, 11) is 1.81. The highest BCUT2D eigenvalue weighted by atomic mass is 32.1.